The first kappa shape index (κ1) is 32.6. The van der Waals surface area contributed by atoms with Crippen molar-refractivity contribution in [3.8, 4) is 0 Å². The average molecular weight is 589 g/mol. The summed E-state index contributed by atoms with van der Waals surface area (Å²) in [6.45, 7) is 0. The molecule has 0 saturated heterocycles. The second-order valence-electron chi connectivity index (χ2n) is 9.56. The molecule has 0 fully saturated rings. The summed E-state index contributed by atoms with van der Waals surface area (Å²) in [5.74, 6) is -0.666. The van der Waals surface area contributed by atoms with Crippen LogP contribution < -0.4 is 20.7 Å². The molecule has 0 aliphatic carbocycles. The summed E-state index contributed by atoms with van der Waals surface area (Å²) in [5, 5.41) is 7.70. The van der Waals surface area contributed by atoms with Crippen molar-refractivity contribution >= 4 is 47.8 Å². The molecule has 4 aromatic rings. The Morgan fingerprint density at radius 1 is 0.591 bits per heavy atom. The molecule has 2 aromatic carbocycles. The van der Waals surface area contributed by atoms with Crippen molar-refractivity contribution in [2.75, 3.05) is 38.0 Å². The van der Waals surface area contributed by atoms with Gasteiger partial charge in [0.05, 0.1) is 0 Å². The molecule has 0 saturated carbocycles. The first-order valence-electron chi connectivity index (χ1n) is 13.7. The molecule has 10 nitrogen and oxygen atoms in total. The number of nitrogens with zero attached hydrogens (tertiary/aromatic N) is 6. The predicted molar refractivity (Wildman–Crippen MR) is 180 cm³/mol. The number of anilines is 2. The van der Waals surface area contributed by atoms with Crippen molar-refractivity contribution in [3.63, 3.8) is 0 Å². The predicted octanol–water partition coefficient (Wildman–Crippen LogP) is 5.15. The molecule has 2 N–H and O–H groups in total. The second-order valence-corrected chi connectivity index (χ2v) is 9.56. The molecule has 10 heteroatoms. The molecule has 0 radical (unpaired) electrons. The minimum Gasteiger partial charge on any atom is -0.378 e. The average Bonchev–Trinajstić information content (AvgIpc) is 3.05. The van der Waals surface area contributed by atoms with Gasteiger partial charge in [-0.1, -0.05) is 48.6 Å². The van der Waals surface area contributed by atoms with Crippen LogP contribution in [0.1, 0.15) is 32.1 Å². The summed E-state index contributed by atoms with van der Waals surface area (Å²) in [5.41, 5.74) is 9.93. The Bertz CT molecular complexity index is 1440. The highest BCUT2D eigenvalue weighted by Crippen LogP contribution is 2.13. The number of nitrogens with one attached hydrogen (secondary N) is 2. The summed E-state index contributed by atoms with van der Waals surface area (Å²) >= 11 is 0. The number of aromatic nitrogens is 2. The Kier molecular flexibility index (Phi) is 13.2. The van der Waals surface area contributed by atoms with Crippen LogP contribution in [-0.4, -0.2) is 62.4 Å². The molecular formula is C34H36N8O2. The third kappa shape index (κ3) is 11.5. The van der Waals surface area contributed by atoms with E-state index in [9.17, 15) is 9.59 Å². The maximum absolute atomic E-state index is 11.7. The molecule has 224 valence electrons. The van der Waals surface area contributed by atoms with E-state index >= 15 is 0 Å². The minimum absolute atomic E-state index is 0.333. The lowest BCUT2D eigenvalue weighted by molar-refractivity contribution is 0.0942. The van der Waals surface area contributed by atoms with Crippen molar-refractivity contribution < 1.29 is 9.59 Å². The smallest absolute Gasteiger partial charge is 0.289 e. The lowest BCUT2D eigenvalue weighted by atomic mass is 10.2. The Balaban J connectivity index is 0.000000240. The zero-order valence-electron chi connectivity index (χ0n) is 25.2. The summed E-state index contributed by atoms with van der Waals surface area (Å²) in [6, 6.07) is 26.5. The number of hydrogen-bond acceptors (Lipinski definition) is 8. The van der Waals surface area contributed by atoms with E-state index in [-0.39, 0.29) is 11.8 Å². The highest BCUT2D eigenvalue weighted by Gasteiger charge is 2.03. The molecular weight excluding hydrogens is 552 g/mol. The van der Waals surface area contributed by atoms with Crippen LogP contribution in [-0.2, 0) is 0 Å². The van der Waals surface area contributed by atoms with Gasteiger partial charge < -0.3 is 9.80 Å². The first-order chi connectivity index (χ1) is 21.3. The van der Waals surface area contributed by atoms with Gasteiger partial charge in [-0.2, -0.15) is 10.2 Å². The molecule has 0 aliphatic rings. The Morgan fingerprint density at radius 3 is 1.30 bits per heavy atom. The van der Waals surface area contributed by atoms with E-state index in [2.05, 4.69) is 31.0 Å². The van der Waals surface area contributed by atoms with Crippen LogP contribution in [0, 0.1) is 0 Å². The fourth-order valence-corrected chi connectivity index (χ4v) is 3.46. The van der Waals surface area contributed by atoms with E-state index < -0.39 is 0 Å². The van der Waals surface area contributed by atoms with Crippen LogP contribution in [0.15, 0.2) is 120 Å². The lowest BCUT2D eigenvalue weighted by Gasteiger charge is -2.11. The maximum Gasteiger partial charge on any atom is 0.289 e. The molecule has 2 amide bonds. The standard InChI is InChI=1S/2C17H18N4O/c2*1-21(2)15-10-8-14(9-11-15)6-5-13-19-20-17(22)16-7-3-4-12-18-16/h2*3-13H,1-2H3,(H,20,22)/b2*6-5+,19-13+. The van der Waals surface area contributed by atoms with E-state index in [0.29, 0.717) is 11.4 Å². The number of hydrogen-bond donors (Lipinski definition) is 2. The van der Waals surface area contributed by atoms with Crippen molar-refractivity contribution in [1.29, 1.82) is 0 Å². The molecule has 0 aliphatic heterocycles. The third-order valence-electron chi connectivity index (χ3n) is 5.84. The van der Waals surface area contributed by atoms with Crippen LogP contribution in [0.2, 0.25) is 0 Å². The summed E-state index contributed by atoms with van der Waals surface area (Å²) in [4.78, 5) is 35.3. The van der Waals surface area contributed by atoms with Gasteiger partial charge >= 0.3 is 0 Å². The number of benzene rings is 2. The van der Waals surface area contributed by atoms with Gasteiger partial charge in [-0.3, -0.25) is 19.6 Å². The van der Waals surface area contributed by atoms with Crippen LogP contribution in [0.3, 0.4) is 0 Å². The van der Waals surface area contributed by atoms with E-state index in [4.69, 9.17) is 0 Å². The van der Waals surface area contributed by atoms with E-state index in [1.165, 1.54) is 12.4 Å². The number of hydrazone groups is 2. The van der Waals surface area contributed by atoms with Crippen molar-refractivity contribution in [2.45, 2.75) is 0 Å². The molecule has 44 heavy (non-hydrogen) atoms. The van der Waals surface area contributed by atoms with Gasteiger partial charge in [-0.25, -0.2) is 10.9 Å². The zero-order valence-corrected chi connectivity index (χ0v) is 25.2. The summed E-state index contributed by atoms with van der Waals surface area (Å²) < 4.78 is 0. The monoisotopic (exact) mass is 588 g/mol. The highest BCUT2D eigenvalue weighted by molar-refractivity contribution is 5.93. The molecule has 0 bridgehead atoms. The van der Waals surface area contributed by atoms with Gasteiger partial charge in [-0.15, -0.1) is 0 Å². The molecule has 2 heterocycles. The number of pyridine rings is 2. The van der Waals surface area contributed by atoms with Gasteiger partial charge in [-0.05, 0) is 71.8 Å². The van der Waals surface area contributed by atoms with Gasteiger partial charge in [0.1, 0.15) is 11.4 Å². The molecule has 0 atom stereocenters. The highest BCUT2D eigenvalue weighted by atomic mass is 16.2. The SMILES string of the molecule is CN(C)c1ccc(/C=C/C=N/NC(=O)c2ccccn2)cc1.CN(C)c1ccc(/C=C/C=N/NC(=O)c2ccccn2)cc1. The molecule has 4 rings (SSSR count). The van der Waals surface area contributed by atoms with Gasteiger partial charge in [0, 0.05) is 64.4 Å². The largest absolute Gasteiger partial charge is 0.378 e. The van der Waals surface area contributed by atoms with Crippen molar-refractivity contribution in [3.05, 3.63) is 132 Å². The number of allylic oxidation sites excluding steroid dienone is 2. The Labute approximate surface area is 258 Å². The molecule has 0 spiro atoms. The Morgan fingerprint density at radius 2 is 0.977 bits per heavy atom. The van der Waals surface area contributed by atoms with E-state index in [1.807, 2.05) is 98.7 Å². The normalized spacial score (nSPS) is 11.0. The number of amides is 2. The lowest BCUT2D eigenvalue weighted by Crippen LogP contribution is -2.18. The molecule has 2 aromatic heterocycles. The number of rotatable bonds is 10. The topological polar surface area (TPSA) is 115 Å². The zero-order chi connectivity index (χ0) is 31.6. The van der Waals surface area contributed by atoms with Crippen LogP contribution in [0.25, 0.3) is 12.2 Å². The second kappa shape index (κ2) is 17.8. The van der Waals surface area contributed by atoms with E-state index in [0.717, 1.165) is 22.5 Å². The van der Waals surface area contributed by atoms with Crippen LogP contribution in [0.4, 0.5) is 11.4 Å². The first-order valence-corrected chi connectivity index (χ1v) is 13.7. The van der Waals surface area contributed by atoms with Crippen molar-refractivity contribution in [1.82, 2.24) is 20.8 Å². The van der Waals surface area contributed by atoms with Crippen LogP contribution in [0.5, 0.6) is 0 Å². The third-order valence-corrected chi connectivity index (χ3v) is 5.84. The molecule has 0 unspecified atom stereocenters. The fraction of sp³-hybridized carbons (Fsp3) is 0.118. The quantitative estimate of drug-likeness (QED) is 0.196. The van der Waals surface area contributed by atoms with Gasteiger partial charge in [0.2, 0.25) is 0 Å². The van der Waals surface area contributed by atoms with Crippen LogP contribution >= 0.6 is 0 Å². The Hall–Kier alpha value is -5.90. The fourth-order valence-electron chi connectivity index (χ4n) is 3.46. The summed E-state index contributed by atoms with van der Waals surface area (Å²) in [6.07, 6.45) is 13.5. The number of carbonyl (C=O) groups excluding carboxylic acids is 2. The summed E-state index contributed by atoms with van der Waals surface area (Å²) in [7, 11) is 8.01. The van der Waals surface area contributed by atoms with Crippen molar-refractivity contribution in [2.24, 2.45) is 10.2 Å². The number of carbonyl (C=O) groups is 2. The van der Waals surface area contributed by atoms with Gasteiger partial charge in [0.15, 0.2) is 0 Å². The maximum atomic E-state index is 11.7. The van der Waals surface area contributed by atoms with Gasteiger partial charge in [0.25, 0.3) is 11.8 Å². The van der Waals surface area contributed by atoms with E-state index in [1.54, 1.807) is 60.9 Å². The minimum atomic E-state index is -0.333.